The third kappa shape index (κ3) is 9.17. The molecule has 16 heavy (non-hydrogen) atoms. The Balaban J connectivity index is 1.61. The van der Waals surface area contributed by atoms with Crippen LogP contribution in [0.1, 0.15) is 64.7 Å². The Bertz CT molecular complexity index is 144. The van der Waals surface area contributed by atoms with Crippen molar-refractivity contribution >= 4 is 0 Å². The number of ether oxygens (including phenoxy) is 2. The predicted molar refractivity (Wildman–Crippen MR) is 67.8 cm³/mol. The Hall–Kier alpha value is -0.0800. The molecule has 1 atom stereocenters. The van der Waals surface area contributed by atoms with E-state index in [1.165, 1.54) is 57.8 Å². The van der Waals surface area contributed by atoms with E-state index in [0.717, 1.165) is 19.8 Å². The minimum Gasteiger partial charge on any atom is -0.381 e. The van der Waals surface area contributed by atoms with E-state index in [1.807, 2.05) is 0 Å². The van der Waals surface area contributed by atoms with Crippen molar-refractivity contribution in [3.05, 3.63) is 0 Å². The van der Waals surface area contributed by atoms with E-state index in [1.54, 1.807) is 0 Å². The molecule has 0 bridgehead atoms. The third-order valence-corrected chi connectivity index (χ3v) is 3.11. The van der Waals surface area contributed by atoms with Gasteiger partial charge in [0.15, 0.2) is 0 Å². The van der Waals surface area contributed by atoms with Gasteiger partial charge >= 0.3 is 0 Å². The van der Waals surface area contributed by atoms with E-state index in [2.05, 4.69) is 6.92 Å². The van der Waals surface area contributed by atoms with Gasteiger partial charge in [0.05, 0.1) is 12.7 Å². The van der Waals surface area contributed by atoms with Crippen molar-refractivity contribution < 1.29 is 9.47 Å². The minimum absolute atomic E-state index is 0.631. The average Bonchev–Trinajstić information content (AvgIpc) is 3.10. The molecule has 1 rings (SSSR count). The molecule has 0 radical (unpaired) electrons. The summed E-state index contributed by atoms with van der Waals surface area (Å²) in [6.45, 7) is 5.15. The summed E-state index contributed by atoms with van der Waals surface area (Å²) in [4.78, 5) is 0. The van der Waals surface area contributed by atoms with Crippen LogP contribution < -0.4 is 0 Å². The molecule has 0 aliphatic carbocycles. The van der Waals surface area contributed by atoms with Crippen molar-refractivity contribution in [2.45, 2.75) is 70.8 Å². The first-order valence-electron chi connectivity index (χ1n) is 7.13. The molecule has 0 spiro atoms. The first kappa shape index (κ1) is 14.0. The fraction of sp³-hybridized carbons (Fsp3) is 1.00. The molecule has 2 heteroatoms. The Morgan fingerprint density at radius 1 is 0.938 bits per heavy atom. The molecule has 1 aliphatic heterocycles. The SMILES string of the molecule is CCCCOCCCCCCCCC1CO1. The maximum absolute atomic E-state index is 5.52. The number of rotatable bonds is 12. The molecule has 2 nitrogen and oxygen atoms in total. The summed E-state index contributed by atoms with van der Waals surface area (Å²) < 4.78 is 10.7. The summed E-state index contributed by atoms with van der Waals surface area (Å²) in [7, 11) is 0. The van der Waals surface area contributed by atoms with Gasteiger partial charge in [0.25, 0.3) is 0 Å². The molecular weight excluding hydrogens is 200 g/mol. The van der Waals surface area contributed by atoms with E-state index in [4.69, 9.17) is 9.47 Å². The van der Waals surface area contributed by atoms with E-state index < -0.39 is 0 Å². The molecule has 0 aromatic rings. The lowest BCUT2D eigenvalue weighted by atomic mass is 10.1. The lowest BCUT2D eigenvalue weighted by Gasteiger charge is -2.03. The van der Waals surface area contributed by atoms with Gasteiger partial charge in [0, 0.05) is 13.2 Å². The molecule has 0 aromatic carbocycles. The lowest BCUT2D eigenvalue weighted by Crippen LogP contribution is -1.96. The van der Waals surface area contributed by atoms with Crippen LogP contribution in [-0.4, -0.2) is 25.9 Å². The summed E-state index contributed by atoms with van der Waals surface area (Å²) >= 11 is 0. The van der Waals surface area contributed by atoms with Crippen molar-refractivity contribution in [1.82, 2.24) is 0 Å². The molecule has 1 heterocycles. The van der Waals surface area contributed by atoms with Crippen LogP contribution in [0.5, 0.6) is 0 Å². The summed E-state index contributed by atoms with van der Waals surface area (Å²) in [6.07, 6.45) is 12.5. The molecule has 0 N–H and O–H groups in total. The largest absolute Gasteiger partial charge is 0.381 e. The standard InChI is InChI=1S/C14H28O2/c1-2-3-11-15-12-9-7-5-4-6-8-10-14-13-16-14/h14H,2-13H2,1H3. The van der Waals surface area contributed by atoms with Crippen LogP contribution in [0, 0.1) is 0 Å². The lowest BCUT2D eigenvalue weighted by molar-refractivity contribution is 0.127. The van der Waals surface area contributed by atoms with Crippen molar-refractivity contribution in [2.24, 2.45) is 0 Å². The molecule has 1 fully saturated rings. The second kappa shape index (κ2) is 10.1. The second-order valence-electron chi connectivity index (χ2n) is 4.83. The molecule has 0 aromatic heterocycles. The maximum atomic E-state index is 5.52. The molecule has 1 saturated heterocycles. The highest BCUT2D eigenvalue weighted by atomic mass is 16.6. The molecule has 0 amide bonds. The normalized spacial score (nSPS) is 18.9. The molecule has 1 unspecified atom stereocenters. The first-order valence-corrected chi connectivity index (χ1v) is 7.13. The Labute approximate surface area is 101 Å². The van der Waals surface area contributed by atoms with Gasteiger partial charge in [-0.15, -0.1) is 0 Å². The molecular formula is C14H28O2. The Kier molecular flexibility index (Phi) is 8.83. The summed E-state index contributed by atoms with van der Waals surface area (Å²) in [5, 5.41) is 0. The summed E-state index contributed by atoms with van der Waals surface area (Å²) in [5.41, 5.74) is 0. The second-order valence-corrected chi connectivity index (χ2v) is 4.83. The van der Waals surface area contributed by atoms with Crippen molar-refractivity contribution in [1.29, 1.82) is 0 Å². The van der Waals surface area contributed by atoms with Crippen LogP contribution in [0.2, 0.25) is 0 Å². The average molecular weight is 228 g/mol. The van der Waals surface area contributed by atoms with E-state index in [9.17, 15) is 0 Å². The monoisotopic (exact) mass is 228 g/mol. The van der Waals surface area contributed by atoms with E-state index in [-0.39, 0.29) is 0 Å². The van der Waals surface area contributed by atoms with Gasteiger partial charge in [0.2, 0.25) is 0 Å². The van der Waals surface area contributed by atoms with Gasteiger partial charge in [-0.25, -0.2) is 0 Å². The van der Waals surface area contributed by atoms with E-state index >= 15 is 0 Å². The zero-order valence-corrected chi connectivity index (χ0v) is 10.9. The third-order valence-electron chi connectivity index (χ3n) is 3.11. The predicted octanol–water partition coefficient (Wildman–Crippen LogP) is 3.93. The highest BCUT2D eigenvalue weighted by Crippen LogP contribution is 2.17. The highest BCUT2D eigenvalue weighted by Gasteiger charge is 2.20. The number of epoxide rings is 1. The van der Waals surface area contributed by atoms with Crippen LogP contribution in [-0.2, 0) is 9.47 Å². The smallest absolute Gasteiger partial charge is 0.0810 e. The quantitative estimate of drug-likeness (QED) is 0.373. The summed E-state index contributed by atoms with van der Waals surface area (Å²) in [5.74, 6) is 0. The van der Waals surface area contributed by atoms with Gasteiger partial charge in [-0.05, 0) is 19.3 Å². The Morgan fingerprint density at radius 2 is 1.56 bits per heavy atom. The topological polar surface area (TPSA) is 21.8 Å². The number of hydrogen-bond donors (Lipinski definition) is 0. The van der Waals surface area contributed by atoms with Gasteiger partial charge in [-0.3, -0.25) is 0 Å². The van der Waals surface area contributed by atoms with Crippen LogP contribution >= 0.6 is 0 Å². The highest BCUT2D eigenvalue weighted by molar-refractivity contribution is 4.68. The van der Waals surface area contributed by atoms with Gasteiger partial charge in [0.1, 0.15) is 0 Å². The Morgan fingerprint density at radius 3 is 2.25 bits per heavy atom. The molecule has 1 aliphatic rings. The minimum atomic E-state index is 0.631. The van der Waals surface area contributed by atoms with Crippen LogP contribution in [0.4, 0.5) is 0 Å². The first-order chi connectivity index (χ1) is 7.93. The maximum Gasteiger partial charge on any atom is 0.0810 e. The zero-order valence-electron chi connectivity index (χ0n) is 10.9. The zero-order chi connectivity index (χ0) is 11.5. The van der Waals surface area contributed by atoms with Crippen molar-refractivity contribution in [2.75, 3.05) is 19.8 Å². The fourth-order valence-corrected chi connectivity index (χ4v) is 1.87. The van der Waals surface area contributed by atoms with Gasteiger partial charge < -0.3 is 9.47 Å². The number of unbranched alkanes of at least 4 members (excludes halogenated alkanes) is 6. The van der Waals surface area contributed by atoms with Gasteiger partial charge in [-0.2, -0.15) is 0 Å². The summed E-state index contributed by atoms with van der Waals surface area (Å²) in [6, 6.07) is 0. The molecule has 0 saturated carbocycles. The van der Waals surface area contributed by atoms with Crippen LogP contribution in [0.25, 0.3) is 0 Å². The number of hydrogen-bond acceptors (Lipinski definition) is 2. The van der Waals surface area contributed by atoms with Gasteiger partial charge in [-0.1, -0.05) is 45.4 Å². The van der Waals surface area contributed by atoms with Crippen molar-refractivity contribution in [3.8, 4) is 0 Å². The van der Waals surface area contributed by atoms with Crippen LogP contribution in [0.15, 0.2) is 0 Å². The molecule has 96 valence electrons. The fourth-order valence-electron chi connectivity index (χ4n) is 1.87. The van der Waals surface area contributed by atoms with E-state index in [0.29, 0.717) is 6.10 Å². The van der Waals surface area contributed by atoms with Crippen molar-refractivity contribution in [3.63, 3.8) is 0 Å². The van der Waals surface area contributed by atoms with Crippen LogP contribution in [0.3, 0.4) is 0 Å².